The van der Waals surface area contributed by atoms with Crippen LogP contribution in [-0.4, -0.2) is 27.8 Å². The summed E-state index contributed by atoms with van der Waals surface area (Å²) in [5.41, 5.74) is -1.97. The van der Waals surface area contributed by atoms with Gasteiger partial charge in [-0.3, -0.25) is 4.79 Å². The molecule has 0 aromatic heterocycles. The molecule has 1 atom stereocenters. The van der Waals surface area contributed by atoms with Gasteiger partial charge in [0.15, 0.2) is 0 Å². The molecule has 0 saturated heterocycles. The van der Waals surface area contributed by atoms with Crippen LogP contribution < -0.4 is 5.32 Å². The van der Waals surface area contributed by atoms with Crippen molar-refractivity contribution in [1.29, 1.82) is 0 Å². The number of carbonyl (C=O) groups is 2. The monoisotopic (exact) mass is 209 g/mol. The van der Waals surface area contributed by atoms with Crippen LogP contribution in [-0.2, 0) is 4.79 Å². The molecule has 0 spiro atoms. The Bertz CT molecular complexity index is 372. The number of carboxylic acid groups (broad SMARTS) is 1. The molecule has 0 aliphatic heterocycles. The molecule has 0 heterocycles. The molecule has 0 aliphatic rings. The number of carboxylic acids is 1. The molecule has 0 bridgehead atoms. The van der Waals surface area contributed by atoms with Crippen LogP contribution in [0.15, 0.2) is 30.3 Å². The Labute approximate surface area is 86.4 Å². The lowest BCUT2D eigenvalue weighted by Gasteiger charge is -2.19. The van der Waals surface area contributed by atoms with Crippen molar-refractivity contribution < 1.29 is 19.8 Å². The predicted molar refractivity (Wildman–Crippen MR) is 52.2 cm³/mol. The molecule has 80 valence electrons. The van der Waals surface area contributed by atoms with Gasteiger partial charge in [0.1, 0.15) is 0 Å². The second kappa shape index (κ2) is 4.10. The van der Waals surface area contributed by atoms with Crippen LogP contribution in [0.1, 0.15) is 17.3 Å². The van der Waals surface area contributed by atoms with Gasteiger partial charge in [-0.1, -0.05) is 18.2 Å². The molecular formula is C10H11NO4. The summed E-state index contributed by atoms with van der Waals surface area (Å²) < 4.78 is 0. The van der Waals surface area contributed by atoms with E-state index in [9.17, 15) is 14.7 Å². The van der Waals surface area contributed by atoms with Crippen molar-refractivity contribution in [3.05, 3.63) is 35.9 Å². The van der Waals surface area contributed by atoms with Crippen molar-refractivity contribution in [1.82, 2.24) is 5.32 Å². The van der Waals surface area contributed by atoms with E-state index in [0.29, 0.717) is 5.56 Å². The summed E-state index contributed by atoms with van der Waals surface area (Å²) in [7, 11) is 0. The Balaban J connectivity index is 2.77. The quantitative estimate of drug-likeness (QED) is 0.621. The third kappa shape index (κ3) is 2.78. The number of hydrogen-bond donors (Lipinski definition) is 3. The summed E-state index contributed by atoms with van der Waals surface area (Å²) in [6.07, 6.45) is 0. The zero-order chi connectivity index (χ0) is 11.5. The molecule has 3 N–H and O–H groups in total. The summed E-state index contributed by atoms with van der Waals surface area (Å²) in [6, 6.07) is 8.06. The van der Waals surface area contributed by atoms with E-state index in [1.807, 2.05) is 5.32 Å². The van der Waals surface area contributed by atoms with E-state index in [2.05, 4.69) is 0 Å². The fraction of sp³-hybridized carbons (Fsp3) is 0.200. The van der Waals surface area contributed by atoms with Gasteiger partial charge in [0.25, 0.3) is 5.91 Å². The zero-order valence-electron chi connectivity index (χ0n) is 8.10. The Morgan fingerprint density at radius 1 is 1.27 bits per heavy atom. The van der Waals surface area contributed by atoms with E-state index in [4.69, 9.17) is 5.11 Å². The van der Waals surface area contributed by atoms with Gasteiger partial charge in [-0.15, -0.1) is 0 Å². The highest BCUT2D eigenvalue weighted by Gasteiger charge is 2.31. The molecule has 1 aromatic rings. The van der Waals surface area contributed by atoms with Crippen molar-refractivity contribution in [2.24, 2.45) is 0 Å². The first-order valence-corrected chi connectivity index (χ1v) is 4.27. The van der Waals surface area contributed by atoms with Gasteiger partial charge in [0.2, 0.25) is 5.72 Å². The van der Waals surface area contributed by atoms with E-state index in [1.165, 1.54) is 12.1 Å². The standard InChI is InChI=1S/C10H11NO4/c1-10(15,9(13)14)11-8(12)7-5-3-2-4-6-7/h2-6,15H,1H3,(H,11,12)(H,13,14)/t10-/m1/s1. The summed E-state index contributed by atoms with van der Waals surface area (Å²) in [5, 5.41) is 19.9. The van der Waals surface area contributed by atoms with Crippen molar-refractivity contribution in [3.63, 3.8) is 0 Å². The molecule has 5 nitrogen and oxygen atoms in total. The Kier molecular flexibility index (Phi) is 3.06. The van der Waals surface area contributed by atoms with Gasteiger partial charge < -0.3 is 15.5 Å². The summed E-state index contributed by atoms with van der Waals surface area (Å²) in [4.78, 5) is 22.0. The minimum absolute atomic E-state index is 0.291. The maximum Gasteiger partial charge on any atom is 0.356 e. The van der Waals surface area contributed by atoms with E-state index >= 15 is 0 Å². The lowest BCUT2D eigenvalue weighted by atomic mass is 10.2. The van der Waals surface area contributed by atoms with Crippen LogP contribution in [0.4, 0.5) is 0 Å². The maximum absolute atomic E-state index is 11.4. The lowest BCUT2D eigenvalue weighted by molar-refractivity contribution is -0.158. The van der Waals surface area contributed by atoms with Crippen molar-refractivity contribution in [2.75, 3.05) is 0 Å². The fourth-order valence-electron chi connectivity index (χ4n) is 0.936. The topological polar surface area (TPSA) is 86.6 Å². The van der Waals surface area contributed by atoms with Crippen LogP contribution in [0, 0.1) is 0 Å². The van der Waals surface area contributed by atoms with Gasteiger partial charge in [0, 0.05) is 5.56 Å². The molecule has 0 radical (unpaired) electrons. The van der Waals surface area contributed by atoms with Crippen molar-refractivity contribution in [3.8, 4) is 0 Å². The third-order valence-electron chi connectivity index (χ3n) is 1.81. The number of rotatable bonds is 3. The molecule has 0 unspecified atom stereocenters. The first-order chi connectivity index (χ1) is 6.93. The average Bonchev–Trinajstić information content (AvgIpc) is 2.18. The first-order valence-electron chi connectivity index (χ1n) is 4.27. The van der Waals surface area contributed by atoms with Crippen LogP contribution in [0.2, 0.25) is 0 Å². The highest BCUT2D eigenvalue weighted by Crippen LogP contribution is 2.03. The van der Waals surface area contributed by atoms with E-state index in [-0.39, 0.29) is 0 Å². The van der Waals surface area contributed by atoms with Crippen molar-refractivity contribution >= 4 is 11.9 Å². The second-order valence-corrected chi connectivity index (χ2v) is 3.20. The van der Waals surface area contributed by atoms with Gasteiger partial charge >= 0.3 is 5.97 Å². The molecule has 0 saturated carbocycles. The molecular weight excluding hydrogens is 198 g/mol. The molecule has 15 heavy (non-hydrogen) atoms. The lowest BCUT2D eigenvalue weighted by Crippen LogP contribution is -2.52. The van der Waals surface area contributed by atoms with Crippen LogP contribution in [0.25, 0.3) is 0 Å². The predicted octanol–water partition coefficient (Wildman–Crippen LogP) is 0.209. The van der Waals surface area contributed by atoms with Gasteiger partial charge in [-0.25, -0.2) is 4.79 Å². The average molecular weight is 209 g/mol. The third-order valence-corrected chi connectivity index (χ3v) is 1.81. The Morgan fingerprint density at radius 2 is 1.80 bits per heavy atom. The SMILES string of the molecule is C[C@](O)(NC(=O)c1ccccc1)C(=O)O. The van der Waals surface area contributed by atoms with Gasteiger partial charge in [-0.2, -0.15) is 0 Å². The molecule has 0 fully saturated rings. The maximum atomic E-state index is 11.4. The Morgan fingerprint density at radius 3 is 2.27 bits per heavy atom. The summed E-state index contributed by atoms with van der Waals surface area (Å²) in [6.45, 7) is 0.996. The summed E-state index contributed by atoms with van der Waals surface area (Å²) >= 11 is 0. The number of benzene rings is 1. The minimum Gasteiger partial charge on any atom is -0.478 e. The molecule has 0 aliphatic carbocycles. The number of hydrogen-bond acceptors (Lipinski definition) is 3. The summed E-state index contributed by atoms with van der Waals surface area (Å²) in [5.74, 6) is -2.14. The van der Waals surface area contributed by atoms with Gasteiger partial charge in [0.05, 0.1) is 0 Å². The fourth-order valence-corrected chi connectivity index (χ4v) is 0.936. The first kappa shape index (κ1) is 11.2. The number of nitrogens with one attached hydrogen (secondary N) is 1. The van der Waals surface area contributed by atoms with Crippen LogP contribution in [0.3, 0.4) is 0 Å². The number of carbonyl (C=O) groups excluding carboxylic acids is 1. The van der Waals surface area contributed by atoms with Crippen LogP contribution >= 0.6 is 0 Å². The number of aliphatic carboxylic acids is 1. The normalized spacial score (nSPS) is 14.0. The number of amides is 1. The largest absolute Gasteiger partial charge is 0.478 e. The molecule has 5 heteroatoms. The highest BCUT2D eigenvalue weighted by atomic mass is 16.4. The van der Waals surface area contributed by atoms with Crippen LogP contribution in [0.5, 0.6) is 0 Å². The molecule has 1 amide bonds. The van der Waals surface area contributed by atoms with E-state index in [0.717, 1.165) is 6.92 Å². The Hall–Kier alpha value is -1.88. The second-order valence-electron chi connectivity index (χ2n) is 3.20. The molecule has 1 aromatic carbocycles. The van der Waals surface area contributed by atoms with Gasteiger partial charge in [-0.05, 0) is 19.1 Å². The van der Waals surface area contributed by atoms with E-state index < -0.39 is 17.6 Å². The van der Waals surface area contributed by atoms with Crippen molar-refractivity contribution in [2.45, 2.75) is 12.6 Å². The molecule has 1 rings (SSSR count). The number of aliphatic hydroxyl groups is 1. The van der Waals surface area contributed by atoms with E-state index in [1.54, 1.807) is 18.2 Å². The zero-order valence-corrected chi connectivity index (χ0v) is 8.10. The minimum atomic E-state index is -2.26. The smallest absolute Gasteiger partial charge is 0.356 e. The highest BCUT2D eigenvalue weighted by molar-refractivity contribution is 5.97.